The number of carbonyl (C=O) groups excluding carboxylic acids is 1. The predicted octanol–water partition coefficient (Wildman–Crippen LogP) is 2.81. The highest BCUT2D eigenvalue weighted by atomic mass is 32.2. The van der Waals surface area contributed by atoms with Gasteiger partial charge in [0.25, 0.3) is 0 Å². The number of piperidine rings is 1. The molecule has 1 amide bonds. The van der Waals surface area contributed by atoms with E-state index in [1.165, 1.54) is 18.2 Å². The van der Waals surface area contributed by atoms with E-state index in [0.29, 0.717) is 31.5 Å². The summed E-state index contributed by atoms with van der Waals surface area (Å²) in [6.45, 7) is 0.894. The van der Waals surface area contributed by atoms with Gasteiger partial charge in [0.05, 0.1) is 4.90 Å². The van der Waals surface area contributed by atoms with Crippen molar-refractivity contribution in [2.75, 3.05) is 13.1 Å². The molecule has 142 valence electrons. The van der Waals surface area contributed by atoms with Gasteiger partial charge in [0, 0.05) is 30.8 Å². The zero-order valence-corrected chi connectivity index (χ0v) is 15.5. The van der Waals surface area contributed by atoms with E-state index in [0.717, 1.165) is 0 Å². The number of carbonyl (C=O) groups is 1. The SMILES string of the molecule is O=C(/C=C/c1ccccc1F)N1CCC(NS(=O)(=O)c2ccccc2)CC1. The molecule has 0 radical (unpaired) electrons. The summed E-state index contributed by atoms with van der Waals surface area (Å²) in [6.07, 6.45) is 3.88. The number of halogens is 1. The van der Waals surface area contributed by atoms with E-state index in [1.54, 1.807) is 53.4 Å². The van der Waals surface area contributed by atoms with E-state index < -0.39 is 10.0 Å². The molecule has 2 aromatic carbocycles. The lowest BCUT2D eigenvalue weighted by Gasteiger charge is -2.31. The first-order valence-corrected chi connectivity index (χ1v) is 10.2. The van der Waals surface area contributed by atoms with Gasteiger partial charge in [-0.3, -0.25) is 4.79 Å². The average molecular weight is 388 g/mol. The second kappa shape index (κ2) is 8.45. The van der Waals surface area contributed by atoms with Crippen LogP contribution in [-0.2, 0) is 14.8 Å². The molecule has 0 bridgehead atoms. The lowest BCUT2D eigenvalue weighted by molar-refractivity contribution is -0.126. The molecule has 5 nitrogen and oxygen atoms in total. The summed E-state index contributed by atoms with van der Waals surface area (Å²) in [5.74, 6) is -0.585. The Kier molecular flexibility index (Phi) is 6.03. The fourth-order valence-electron chi connectivity index (χ4n) is 2.98. The first-order valence-electron chi connectivity index (χ1n) is 8.74. The Morgan fingerprint density at radius 2 is 1.67 bits per heavy atom. The van der Waals surface area contributed by atoms with Crippen LogP contribution in [0.15, 0.2) is 65.6 Å². The predicted molar refractivity (Wildman–Crippen MR) is 102 cm³/mol. The van der Waals surface area contributed by atoms with Crippen LogP contribution < -0.4 is 4.72 Å². The van der Waals surface area contributed by atoms with Crippen LogP contribution in [-0.4, -0.2) is 38.4 Å². The van der Waals surface area contributed by atoms with Gasteiger partial charge in [0.2, 0.25) is 15.9 Å². The number of nitrogens with one attached hydrogen (secondary N) is 1. The van der Waals surface area contributed by atoms with Gasteiger partial charge < -0.3 is 4.90 Å². The van der Waals surface area contributed by atoms with E-state index in [2.05, 4.69) is 4.72 Å². The van der Waals surface area contributed by atoms with Crippen molar-refractivity contribution in [3.05, 3.63) is 72.1 Å². The monoisotopic (exact) mass is 388 g/mol. The van der Waals surface area contributed by atoms with E-state index in [4.69, 9.17) is 0 Å². The van der Waals surface area contributed by atoms with Crippen LogP contribution in [0, 0.1) is 5.82 Å². The quantitative estimate of drug-likeness (QED) is 0.801. The second-order valence-corrected chi connectivity index (χ2v) is 8.10. The van der Waals surface area contributed by atoms with Crippen LogP contribution >= 0.6 is 0 Å². The summed E-state index contributed by atoms with van der Waals surface area (Å²) in [6, 6.07) is 14.2. The van der Waals surface area contributed by atoms with Crippen LogP contribution in [0.3, 0.4) is 0 Å². The van der Waals surface area contributed by atoms with Gasteiger partial charge in [-0.1, -0.05) is 36.4 Å². The van der Waals surface area contributed by atoms with Gasteiger partial charge in [-0.2, -0.15) is 0 Å². The molecule has 0 aliphatic carbocycles. The van der Waals surface area contributed by atoms with Crippen molar-refractivity contribution in [2.45, 2.75) is 23.8 Å². The summed E-state index contributed by atoms with van der Waals surface area (Å²) in [7, 11) is -3.56. The Labute approximate surface area is 158 Å². The third-order valence-electron chi connectivity index (χ3n) is 4.49. The van der Waals surface area contributed by atoms with Gasteiger partial charge in [-0.05, 0) is 37.1 Å². The smallest absolute Gasteiger partial charge is 0.246 e. The minimum absolute atomic E-state index is 0.206. The Morgan fingerprint density at radius 1 is 1.04 bits per heavy atom. The summed E-state index contributed by atoms with van der Waals surface area (Å²) in [5.41, 5.74) is 0.358. The molecule has 1 heterocycles. The molecule has 3 rings (SSSR count). The lowest BCUT2D eigenvalue weighted by atomic mass is 10.1. The topological polar surface area (TPSA) is 66.5 Å². The Hall–Kier alpha value is -2.51. The maximum atomic E-state index is 13.6. The molecule has 1 aliphatic heterocycles. The van der Waals surface area contributed by atoms with Crippen LogP contribution in [0.25, 0.3) is 6.08 Å². The number of amides is 1. The highest BCUT2D eigenvalue weighted by Crippen LogP contribution is 2.16. The minimum Gasteiger partial charge on any atom is -0.339 e. The van der Waals surface area contributed by atoms with Crippen molar-refractivity contribution in [2.24, 2.45) is 0 Å². The third-order valence-corrected chi connectivity index (χ3v) is 6.03. The van der Waals surface area contributed by atoms with Crippen LogP contribution in [0.4, 0.5) is 4.39 Å². The summed E-state index contributed by atoms with van der Waals surface area (Å²) in [4.78, 5) is 14.2. The van der Waals surface area contributed by atoms with Crippen molar-refractivity contribution in [3.63, 3.8) is 0 Å². The van der Waals surface area contributed by atoms with Gasteiger partial charge in [0.1, 0.15) is 5.82 Å². The number of hydrogen-bond acceptors (Lipinski definition) is 3. The number of sulfonamides is 1. The molecule has 0 atom stereocenters. The molecule has 0 unspecified atom stereocenters. The Balaban J connectivity index is 1.54. The zero-order chi connectivity index (χ0) is 19.3. The first-order chi connectivity index (χ1) is 13.0. The van der Waals surface area contributed by atoms with Gasteiger partial charge >= 0.3 is 0 Å². The molecule has 27 heavy (non-hydrogen) atoms. The molecular weight excluding hydrogens is 367 g/mol. The van der Waals surface area contributed by atoms with Gasteiger partial charge in [0.15, 0.2) is 0 Å². The van der Waals surface area contributed by atoms with E-state index in [9.17, 15) is 17.6 Å². The van der Waals surface area contributed by atoms with Crippen molar-refractivity contribution < 1.29 is 17.6 Å². The van der Waals surface area contributed by atoms with Crippen molar-refractivity contribution in [1.29, 1.82) is 0 Å². The van der Waals surface area contributed by atoms with E-state index >= 15 is 0 Å². The summed E-state index contributed by atoms with van der Waals surface area (Å²) in [5, 5.41) is 0. The highest BCUT2D eigenvalue weighted by Gasteiger charge is 2.25. The molecule has 2 aromatic rings. The van der Waals surface area contributed by atoms with Gasteiger partial charge in [-0.25, -0.2) is 17.5 Å². The van der Waals surface area contributed by atoms with Crippen molar-refractivity contribution in [3.8, 4) is 0 Å². The normalized spacial score (nSPS) is 16.0. The van der Waals surface area contributed by atoms with Gasteiger partial charge in [-0.15, -0.1) is 0 Å². The summed E-state index contributed by atoms with van der Waals surface area (Å²) >= 11 is 0. The molecule has 0 saturated carbocycles. The van der Waals surface area contributed by atoms with E-state index in [-0.39, 0.29) is 22.7 Å². The number of rotatable bonds is 5. The third kappa shape index (κ3) is 5.02. The minimum atomic E-state index is -3.56. The molecular formula is C20H21FN2O3S. The fourth-order valence-corrected chi connectivity index (χ4v) is 4.31. The first kappa shape index (κ1) is 19.3. The molecule has 0 aromatic heterocycles. The van der Waals surface area contributed by atoms with Crippen molar-refractivity contribution >= 4 is 22.0 Å². The average Bonchev–Trinajstić information content (AvgIpc) is 2.68. The standard InChI is InChI=1S/C20H21FN2O3S/c21-19-9-5-4-6-16(19)10-11-20(24)23-14-12-17(13-15-23)22-27(25,26)18-7-2-1-3-8-18/h1-11,17,22H,12-15H2/b11-10+. The molecule has 1 saturated heterocycles. The molecule has 1 fully saturated rings. The maximum absolute atomic E-state index is 13.6. The van der Waals surface area contributed by atoms with Crippen LogP contribution in [0.5, 0.6) is 0 Å². The fraction of sp³-hybridized carbons (Fsp3) is 0.250. The molecule has 1 N–H and O–H groups in total. The summed E-state index contributed by atoms with van der Waals surface area (Å²) < 4.78 is 41.0. The van der Waals surface area contributed by atoms with Crippen LogP contribution in [0.2, 0.25) is 0 Å². The van der Waals surface area contributed by atoms with Crippen LogP contribution in [0.1, 0.15) is 18.4 Å². The van der Waals surface area contributed by atoms with Crippen molar-refractivity contribution in [1.82, 2.24) is 9.62 Å². The number of hydrogen-bond donors (Lipinski definition) is 1. The molecule has 0 spiro atoms. The highest BCUT2D eigenvalue weighted by molar-refractivity contribution is 7.89. The molecule has 7 heteroatoms. The lowest BCUT2D eigenvalue weighted by Crippen LogP contribution is -2.46. The second-order valence-electron chi connectivity index (χ2n) is 6.39. The zero-order valence-electron chi connectivity index (χ0n) is 14.7. The number of nitrogens with zero attached hydrogens (tertiary/aromatic N) is 1. The van der Waals surface area contributed by atoms with E-state index in [1.807, 2.05) is 0 Å². The Morgan fingerprint density at radius 3 is 2.33 bits per heavy atom. The Bertz CT molecular complexity index is 921. The number of likely N-dealkylation sites (tertiary alicyclic amines) is 1. The molecule has 1 aliphatic rings. The maximum Gasteiger partial charge on any atom is 0.246 e. The largest absolute Gasteiger partial charge is 0.339 e. The number of benzene rings is 2.